The Hall–Kier alpha value is -3.22. The lowest BCUT2D eigenvalue weighted by Gasteiger charge is -2.25. The first-order valence-electron chi connectivity index (χ1n) is 9.39. The molecular formula is C21H25N3O4. The Balaban J connectivity index is 1.35. The molecule has 7 nitrogen and oxygen atoms in total. The van der Waals surface area contributed by atoms with Gasteiger partial charge in [-0.25, -0.2) is 4.79 Å². The summed E-state index contributed by atoms with van der Waals surface area (Å²) in [4.78, 5) is 23.9. The molecule has 148 valence electrons. The lowest BCUT2D eigenvalue weighted by Crippen LogP contribution is -2.43. The molecule has 7 heteroatoms. The average Bonchev–Trinajstić information content (AvgIpc) is 2.72. The van der Waals surface area contributed by atoms with Crippen LogP contribution in [0.3, 0.4) is 0 Å². The molecule has 2 aromatic carbocycles. The maximum Gasteiger partial charge on any atom is 0.315 e. The van der Waals surface area contributed by atoms with Crippen LogP contribution in [0.2, 0.25) is 0 Å². The van der Waals surface area contributed by atoms with Gasteiger partial charge in [-0.3, -0.25) is 4.79 Å². The summed E-state index contributed by atoms with van der Waals surface area (Å²) in [5, 5.41) is 8.09. The molecule has 28 heavy (non-hydrogen) atoms. The predicted octanol–water partition coefficient (Wildman–Crippen LogP) is 2.57. The Morgan fingerprint density at radius 2 is 1.89 bits per heavy atom. The van der Waals surface area contributed by atoms with Gasteiger partial charge in [-0.2, -0.15) is 0 Å². The number of benzene rings is 2. The third-order valence-electron chi connectivity index (χ3n) is 4.37. The monoisotopic (exact) mass is 383 g/mol. The van der Waals surface area contributed by atoms with Crippen LogP contribution >= 0.6 is 0 Å². The maximum absolute atomic E-state index is 12.0. The van der Waals surface area contributed by atoms with Gasteiger partial charge in [0.25, 0.3) is 0 Å². The molecule has 1 atom stereocenters. The Kier molecular flexibility index (Phi) is 6.73. The van der Waals surface area contributed by atoms with Gasteiger partial charge in [0.15, 0.2) is 0 Å². The molecule has 2 aromatic rings. The van der Waals surface area contributed by atoms with Crippen LogP contribution in [0, 0.1) is 5.92 Å². The molecule has 0 saturated heterocycles. The number of nitrogens with one attached hydrogen (secondary N) is 3. The lowest BCUT2D eigenvalue weighted by molar-refractivity contribution is -0.115. The second-order valence-electron chi connectivity index (χ2n) is 6.56. The van der Waals surface area contributed by atoms with Crippen molar-refractivity contribution in [1.29, 1.82) is 0 Å². The average molecular weight is 383 g/mol. The van der Waals surface area contributed by atoms with E-state index in [0.717, 1.165) is 23.5 Å². The van der Waals surface area contributed by atoms with E-state index in [2.05, 4.69) is 16.0 Å². The highest BCUT2D eigenvalue weighted by Gasteiger charge is 2.20. The number of hydrogen-bond acceptors (Lipinski definition) is 4. The summed E-state index contributed by atoms with van der Waals surface area (Å²) in [5.74, 6) is 1.56. The summed E-state index contributed by atoms with van der Waals surface area (Å²) in [7, 11) is 0. The molecule has 3 amide bonds. The summed E-state index contributed by atoms with van der Waals surface area (Å²) in [6.07, 6.45) is 0.856. The number of anilines is 1. The Morgan fingerprint density at radius 1 is 1.11 bits per heavy atom. The Bertz CT molecular complexity index is 808. The van der Waals surface area contributed by atoms with E-state index >= 15 is 0 Å². The number of fused-ring (bicyclic) bond motifs is 1. The van der Waals surface area contributed by atoms with Gasteiger partial charge in [0.05, 0.1) is 19.8 Å². The highest BCUT2D eigenvalue weighted by molar-refractivity contribution is 5.94. The van der Waals surface area contributed by atoms with Crippen molar-refractivity contribution in [3.05, 3.63) is 54.1 Å². The van der Waals surface area contributed by atoms with Crippen LogP contribution in [0.25, 0.3) is 0 Å². The molecule has 1 unspecified atom stereocenters. The number of ether oxygens (including phenoxy) is 2. The first-order valence-corrected chi connectivity index (χ1v) is 9.39. The number of carbonyl (C=O) groups excluding carboxylic acids is 2. The SMILES string of the molecule is CCOc1ccc(NC(=O)CNC(=O)NCC2COc3ccccc3C2)cc1. The fourth-order valence-electron chi connectivity index (χ4n) is 2.99. The molecule has 1 aliphatic heterocycles. The van der Waals surface area contributed by atoms with Gasteiger partial charge >= 0.3 is 6.03 Å². The second kappa shape index (κ2) is 9.64. The first kappa shape index (κ1) is 19.5. The minimum atomic E-state index is -0.374. The zero-order chi connectivity index (χ0) is 19.8. The third-order valence-corrected chi connectivity index (χ3v) is 4.37. The largest absolute Gasteiger partial charge is 0.494 e. The van der Waals surface area contributed by atoms with Gasteiger partial charge in [-0.15, -0.1) is 0 Å². The molecule has 1 aliphatic rings. The molecule has 0 aliphatic carbocycles. The first-order chi connectivity index (χ1) is 13.6. The smallest absolute Gasteiger partial charge is 0.315 e. The Morgan fingerprint density at radius 3 is 2.68 bits per heavy atom. The fraction of sp³-hybridized carbons (Fsp3) is 0.333. The summed E-state index contributed by atoms with van der Waals surface area (Å²) in [5.41, 5.74) is 1.80. The van der Waals surface area contributed by atoms with Crippen LogP contribution in [0.5, 0.6) is 11.5 Å². The summed E-state index contributed by atoms with van der Waals surface area (Å²) < 4.78 is 11.1. The molecule has 0 fully saturated rings. The van der Waals surface area contributed by atoms with Crippen molar-refractivity contribution in [2.45, 2.75) is 13.3 Å². The van der Waals surface area contributed by atoms with Gasteiger partial charge in [-0.05, 0) is 49.2 Å². The molecular weight excluding hydrogens is 358 g/mol. The van der Waals surface area contributed by atoms with Gasteiger partial charge in [0, 0.05) is 18.2 Å². The van der Waals surface area contributed by atoms with E-state index in [9.17, 15) is 9.59 Å². The maximum atomic E-state index is 12.0. The van der Waals surface area contributed by atoms with Crippen LogP contribution in [-0.2, 0) is 11.2 Å². The zero-order valence-electron chi connectivity index (χ0n) is 15.9. The minimum Gasteiger partial charge on any atom is -0.494 e. The number of rotatable bonds is 7. The molecule has 3 rings (SSSR count). The standard InChI is InChI=1S/C21H25N3O4/c1-2-27-18-9-7-17(8-10-18)24-20(25)13-23-21(26)22-12-15-11-16-5-3-4-6-19(16)28-14-15/h3-10,15H,2,11-14H2,1H3,(H,24,25)(H2,22,23,26). The highest BCUT2D eigenvalue weighted by atomic mass is 16.5. The Labute approximate surface area is 164 Å². The van der Waals surface area contributed by atoms with Crippen molar-refractivity contribution < 1.29 is 19.1 Å². The summed E-state index contributed by atoms with van der Waals surface area (Å²) in [6, 6.07) is 14.6. The molecule has 1 heterocycles. The topological polar surface area (TPSA) is 88.7 Å². The van der Waals surface area contributed by atoms with Crippen molar-refractivity contribution in [3.8, 4) is 11.5 Å². The lowest BCUT2D eigenvalue weighted by atomic mass is 9.97. The number of hydrogen-bond donors (Lipinski definition) is 3. The van der Waals surface area contributed by atoms with Gasteiger partial charge < -0.3 is 25.4 Å². The van der Waals surface area contributed by atoms with Crippen LogP contribution in [0.1, 0.15) is 12.5 Å². The second-order valence-corrected chi connectivity index (χ2v) is 6.56. The summed E-state index contributed by atoms with van der Waals surface area (Å²) >= 11 is 0. The third kappa shape index (κ3) is 5.64. The van der Waals surface area contributed by atoms with E-state index in [0.29, 0.717) is 25.4 Å². The van der Waals surface area contributed by atoms with E-state index in [4.69, 9.17) is 9.47 Å². The van der Waals surface area contributed by atoms with Gasteiger partial charge in [-0.1, -0.05) is 18.2 Å². The van der Waals surface area contributed by atoms with E-state index in [1.165, 1.54) is 0 Å². The van der Waals surface area contributed by atoms with E-state index in [1.807, 2.05) is 31.2 Å². The van der Waals surface area contributed by atoms with E-state index in [-0.39, 0.29) is 24.4 Å². The fourth-order valence-corrected chi connectivity index (χ4v) is 2.99. The molecule has 3 N–H and O–H groups in total. The van der Waals surface area contributed by atoms with Crippen molar-refractivity contribution in [1.82, 2.24) is 10.6 Å². The summed E-state index contributed by atoms with van der Waals surface area (Å²) in [6.45, 7) is 3.44. The van der Waals surface area contributed by atoms with Crippen LogP contribution in [-0.4, -0.2) is 38.2 Å². The highest BCUT2D eigenvalue weighted by Crippen LogP contribution is 2.26. The van der Waals surface area contributed by atoms with Crippen molar-refractivity contribution in [3.63, 3.8) is 0 Å². The minimum absolute atomic E-state index is 0.108. The number of amides is 3. The van der Waals surface area contributed by atoms with Gasteiger partial charge in [0.1, 0.15) is 11.5 Å². The van der Waals surface area contributed by atoms with Crippen molar-refractivity contribution in [2.24, 2.45) is 5.92 Å². The van der Waals surface area contributed by atoms with Crippen LogP contribution < -0.4 is 25.4 Å². The van der Waals surface area contributed by atoms with E-state index < -0.39 is 0 Å². The molecule has 0 spiro atoms. The quantitative estimate of drug-likeness (QED) is 0.686. The van der Waals surface area contributed by atoms with Crippen molar-refractivity contribution >= 4 is 17.6 Å². The van der Waals surface area contributed by atoms with Crippen molar-refractivity contribution in [2.75, 3.05) is 31.6 Å². The molecule has 0 bridgehead atoms. The number of para-hydroxylation sites is 1. The van der Waals surface area contributed by atoms with Crippen LogP contribution in [0.4, 0.5) is 10.5 Å². The molecule has 0 aromatic heterocycles. The van der Waals surface area contributed by atoms with Gasteiger partial charge in [0.2, 0.25) is 5.91 Å². The predicted molar refractivity (Wildman–Crippen MR) is 107 cm³/mol. The van der Waals surface area contributed by atoms with Crippen LogP contribution in [0.15, 0.2) is 48.5 Å². The number of urea groups is 1. The molecule has 0 saturated carbocycles. The molecule has 0 radical (unpaired) electrons. The number of carbonyl (C=O) groups is 2. The zero-order valence-corrected chi connectivity index (χ0v) is 15.9. The normalized spacial score (nSPS) is 15.0. The van der Waals surface area contributed by atoms with E-state index in [1.54, 1.807) is 24.3 Å².